The highest BCUT2D eigenvalue weighted by atomic mass is 19.4. The third kappa shape index (κ3) is 4.39. The standard InChI is InChI=1S/C20H25F3O4/c1-19(2,3)18(26-15-9-11-4-5-12(15)8-11)27-16-10-13(17(24)25)6-7-14(16)20(21,22)23/h6-7,10-12,15,18H,4-5,8-9H2,1-3H3,(H,24,25)/p-1. The second-order valence-electron chi connectivity index (χ2n) is 8.66. The summed E-state index contributed by atoms with van der Waals surface area (Å²) in [6, 6.07) is 2.44. The van der Waals surface area contributed by atoms with E-state index in [-0.39, 0.29) is 11.7 Å². The van der Waals surface area contributed by atoms with Crippen molar-refractivity contribution < 1.29 is 32.5 Å². The van der Waals surface area contributed by atoms with E-state index in [0.717, 1.165) is 31.4 Å². The average Bonchev–Trinajstić information content (AvgIpc) is 3.15. The van der Waals surface area contributed by atoms with E-state index in [0.29, 0.717) is 17.9 Å². The molecule has 0 N–H and O–H groups in total. The van der Waals surface area contributed by atoms with Crippen molar-refractivity contribution in [3.63, 3.8) is 0 Å². The third-order valence-corrected chi connectivity index (χ3v) is 5.44. The van der Waals surface area contributed by atoms with E-state index in [1.165, 1.54) is 6.42 Å². The van der Waals surface area contributed by atoms with Gasteiger partial charge >= 0.3 is 6.18 Å². The summed E-state index contributed by atoms with van der Waals surface area (Å²) in [5.74, 6) is -1.07. The van der Waals surface area contributed by atoms with Crippen LogP contribution in [-0.2, 0) is 10.9 Å². The molecule has 1 aromatic rings. The van der Waals surface area contributed by atoms with Crippen LogP contribution in [0.15, 0.2) is 18.2 Å². The van der Waals surface area contributed by atoms with Crippen LogP contribution in [-0.4, -0.2) is 18.4 Å². The zero-order valence-electron chi connectivity index (χ0n) is 15.6. The summed E-state index contributed by atoms with van der Waals surface area (Å²) in [7, 11) is 0. The second-order valence-corrected chi connectivity index (χ2v) is 8.66. The average molecular weight is 385 g/mol. The summed E-state index contributed by atoms with van der Waals surface area (Å²) in [6.45, 7) is 5.46. The van der Waals surface area contributed by atoms with Crippen molar-refractivity contribution in [1.29, 1.82) is 0 Å². The predicted octanol–water partition coefficient (Wildman–Crippen LogP) is 4.03. The van der Waals surface area contributed by atoms with Gasteiger partial charge in [-0.25, -0.2) is 0 Å². The van der Waals surface area contributed by atoms with Gasteiger partial charge in [-0.2, -0.15) is 13.2 Å². The number of rotatable bonds is 5. The minimum atomic E-state index is -4.67. The molecule has 150 valence electrons. The fraction of sp³-hybridized carbons (Fsp3) is 0.650. The number of hydrogen-bond acceptors (Lipinski definition) is 4. The van der Waals surface area contributed by atoms with Gasteiger partial charge in [0.1, 0.15) is 5.75 Å². The van der Waals surface area contributed by atoms with Crippen LogP contribution in [0.1, 0.15) is 62.4 Å². The first-order chi connectivity index (χ1) is 12.4. The topological polar surface area (TPSA) is 58.6 Å². The number of alkyl halides is 3. The molecule has 0 amide bonds. The van der Waals surface area contributed by atoms with Crippen molar-refractivity contribution in [3.05, 3.63) is 29.3 Å². The lowest BCUT2D eigenvalue weighted by Crippen LogP contribution is -2.40. The zero-order chi connectivity index (χ0) is 20.0. The Morgan fingerprint density at radius 2 is 1.89 bits per heavy atom. The Kier molecular flexibility index (Phi) is 5.18. The quantitative estimate of drug-likeness (QED) is 0.718. The van der Waals surface area contributed by atoms with Gasteiger partial charge in [-0.05, 0) is 49.7 Å². The van der Waals surface area contributed by atoms with Gasteiger partial charge in [-0.1, -0.05) is 26.8 Å². The molecule has 0 saturated heterocycles. The van der Waals surface area contributed by atoms with E-state index in [1.54, 1.807) is 0 Å². The van der Waals surface area contributed by atoms with E-state index in [4.69, 9.17) is 9.47 Å². The Bertz CT molecular complexity index is 708. The van der Waals surface area contributed by atoms with Crippen LogP contribution in [0, 0.1) is 17.3 Å². The van der Waals surface area contributed by atoms with Crippen molar-refractivity contribution in [2.75, 3.05) is 0 Å². The molecule has 1 aromatic carbocycles. The molecule has 4 nitrogen and oxygen atoms in total. The van der Waals surface area contributed by atoms with Crippen LogP contribution in [0.2, 0.25) is 0 Å². The number of carboxylic acids is 1. The molecule has 4 unspecified atom stereocenters. The largest absolute Gasteiger partial charge is 0.545 e. The molecule has 2 fully saturated rings. The lowest BCUT2D eigenvalue weighted by Gasteiger charge is -2.36. The van der Waals surface area contributed by atoms with E-state index in [2.05, 4.69) is 0 Å². The van der Waals surface area contributed by atoms with Gasteiger partial charge in [0.2, 0.25) is 6.29 Å². The summed E-state index contributed by atoms with van der Waals surface area (Å²) >= 11 is 0. The third-order valence-electron chi connectivity index (χ3n) is 5.44. The van der Waals surface area contributed by atoms with Crippen molar-refractivity contribution in [2.24, 2.45) is 17.3 Å². The van der Waals surface area contributed by atoms with Gasteiger partial charge in [0.25, 0.3) is 0 Å². The number of carbonyl (C=O) groups is 1. The normalized spacial score (nSPS) is 26.2. The molecule has 0 aromatic heterocycles. The number of carbonyl (C=O) groups excluding carboxylic acids is 1. The van der Waals surface area contributed by atoms with E-state index >= 15 is 0 Å². The summed E-state index contributed by atoms with van der Waals surface area (Å²) < 4.78 is 51.9. The van der Waals surface area contributed by atoms with Crippen LogP contribution in [0.3, 0.4) is 0 Å². The highest BCUT2D eigenvalue weighted by Gasteiger charge is 2.44. The second kappa shape index (κ2) is 7.00. The molecule has 2 aliphatic rings. The highest BCUT2D eigenvalue weighted by molar-refractivity contribution is 5.86. The molecule has 0 aliphatic heterocycles. The van der Waals surface area contributed by atoms with Crippen LogP contribution in [0.25, 0.3) is 0 Å². The Hall–Kier alpha value is -1.76. The number of fused-ring (bicyclic) bond motifs is 2. The molecule has 2 saturated carbocycles. The fourth-order valence-corrected chi connectivity index (χ4v) is 4.02. The SMILES string of the molecule is CC(C)(C)C(Oc1cc(C(=O)[O-])ccc1C(F)(F)F)OC1CC2CCC1C2. The van der Waals surface area contributed by atoms with E-state index < -0.39 is 35.2 Å². The number of ether oxygens (including phenoxy) is 2. The van der Waals surface area contributed by atoms with Crippen molar-refractivity contribution in [3.8, 4) is 5.75 Å². The Morgan fingerprint density at radius 1 is 1.19 bits per heavy atom. The Balaban J connectivity index is 1.88. The first-order valence-corrected chi connectivity index (χ1v) is 9.20. The van der Waals surface area contributed by atoms with Crippen molar-refractivity contribution in [2.45, 2.75) is 65.0 Å². The lowest BCUT2D eigenvalue weighted by molar-refractivity contribution is -0.255. The maximum atomic E-state index is 13.4. The highest BCUT2D eigenvalue weighted by Crippen LogP contribution is 2.47. The molecule has 3 rings (SSSR count). The molecule has 4 atom stereocenters. The van der Waals surface area contributed by atoms with Gasteiger partial charge in [0.15, 0.2) is 0 Å². The molecule has 0 spiro atoms. The van der Waals surface area contributed by atoms with Gasteiger partial charge in [0, 0.05) is 11.0 Å². The number of carboxylic acid groups (broad SMARTS) is 1. The molecule has 2 aliphatic carbocycles. The molecule has 0 heterocycles. The number of aromatic carboxylic acids is 1. The summed E-state index contributed by atoms with van der Waals surface area (Å²) in [6.07, 6.45) is -1.40. The van der Waals surface area contributed by atoms with Crippen LogP contribution < -0.4 is 9.84 Å². The zero-order valence-corrected chi connectivity index (χ0v) is 15.6. The fourth-order valence-electron chi connectivity index (χ4n) is 4.02. The van der Waals surface area contributed by atoms with Gasteiger partial charge < -0.3 is 19.4 Å². The van der Waals surface area contributed by atoms with Gasteiger partial charge in [0.05, 0.1) is 17.6 Å². The maximum absolute atomic E-state index is 13.4. The summed E-state index contributed by atoms with van der Waals surface area (Å²) in [4.78, 5) is 11.1. The van der Waals surface area contributed by atoms with Crippen LogP contribution >= 0.6 is 0 Å². The summed E-state index contributed by atoms with van der Waals surface area (Å²) in [5, 5.41) is 11.1. The van der Waals surface area contributed by atoms with Crippen molar-refractivity contribution >= 4 is 5.97 Å². The Labute approximate surface area is 156 Å². The van der Waals surface area contributed by atoms with Crippen LogP contribution in [0.5, 0.6) is 5.75 Å². The Morgan fingerprint density at radius 3 is 2.37 bits per heavy atom. The van der Waals surface area contributed by atoms with Crippen molar-refractivity contribution in [1.82, 2.24) is 0 Å². The van der Waals surface area contributed by atoms with Gasteiger partial charge in [-0.3, -0.25) is 0 Å². The minimum absolute atomic E-state index is 0.0355. The van der Waals surface area contributed by atoms with Crippen LogP contribution in [0.4, 0.5) is 13.2 Å². The number of hydrogen-bond donors (Lipinski definition) is 0. The minimum Gasteiger partial charge on any atom is -0.545 e. The molecule has 27 heavy (non-hydrogen) atoms. The first-order valence-electron chi connectivity index (χ1n) is 9.20. The van der Waals surface area contributed by atoms with Gasteiger partial charge in [-0.15, -0.1) is 0 Å². The maximum Gasteiger partial charge on any atom is 0.419 e. The molecular formula is C20H24F3O4-. The lowest BCUT2D eigenvalue weighted by atomic mass is 9.94. The number of benzene rings is 1. The number of halogens is 3. The molecule has 7 heteroatoms. The smallest absolute Gasteiger partial charge is 0.419 e. The predicted molar refractivity (Wildman–Crippen MR) is 90.0 cm³/mol. The molecule has 0 radical (unpaired) electrons. The molecular weight excluding hydrogens is 361 g/mol. The molecule has 2 bridgehead atoms. The summed E-state index contributed by atoms with van der Waals surface area (Å²) in [5.41, 5.74) is -1.99. The monoisotopic (exact) mass is 385 g/mol. The van der Waals surface area contributed by atoms with E-state index in [9.17, 15) is 23.1 Å². The van der Waals surface area contributed by atoms with E-state index in [1.807, 2.05) is 20.8 Å². The first kappa shape index (κ1) is 20.0.